The minimum absolute atomic E-state index is 0.0854. The second kappa shape index (κ2) is 7.14. The number of hydrogen-bond donors (Lipinski definition) is 0. The molecule has 0 bridgehead atoms. The van der Waals surface area contributed by atoms with E-state index in [1.807, 2.05) is 30.3 Å². The van der Waals surface area contributed by atoms with Gasteiger partial charge in [-0.2, -0.15) is 0 Å². The second-order valence-electron chi connectivity index (χ2n) is 4.36. The highest BCUT2D eigenvalue weighted by atomic mass is 35.5. The monoisotopic (exact) mass is 349 g/mol. The molecule has 0 aromatic heterocycles. The van der Waals surface area contributed by atoms with E-state index in [-0.39, 0.29) is 18.4 Å². The third-order valence-electron chi connectivity index (χ3n) is 3.07. The maximum absolute atomic E-state index is 12.1. The number of esters is 1. The lowest BCUT2D eigenvalue weighted by atomic mass is 9.92. The zero-order chi connectivity index (χ0) is 14.7. The van der Waals surface area contributed by atoms with Gasteiger partial charge in [-0.1, -0.05) is 48.2 Å². The Labute approximate surface area is 128 Å². The van der Waals surface area contributed by atoms with Crippen molar-refractivity contribution in [2.24, 2.45) is 5.92 Å². The highest BCUT2D eigenvalue weighted by Gasteiger charge is 2.53. The first kappa shape index (κ1) is 16.1. The molecule has 1 saturated heterocycles. The van der Waals surface area contributed by atoms with E-state index in [0.29, 0.717) is 0 Å². The number of hydrogen-bond acceptors (Lipinski definition) is 3. The molecule has 2 rings (SSSR count). The number of β-lactam (4-membered cyclic amide) rings is 1. The number of carbonyl (C=O) groups excluding carboxylic acids is 2. The van der Waals surface area contributed by atoms with Crippen LogP contribution in [0.3, 0.4) is 0 Å². The Kier molecular flexibility index (Phi) is 5.75. The summed E-state index contributed by atoms with van der Waals surface area (Å²) in [5, 5.41) is 0. The van der Waals surface area contributed by atoms with Crippen LogP contribution in [0.5, 0.6) is 0 Å². The summed E-state index contributed by atoms with van der Waals surface area (Å²) in [4.78, 5) is 24.0. The number of nitrogens with zero attached hydrogens (tertiary/aromatic N) is 1. The molecule has 0 N–H and O–H groups in total. The van der Waals surface area contributed by atoms with Crippen molar-refractivity contribution in [2.45, 2.75) is 12.6 Å². The summed E-state index contributed by atoms with van der Waals surface area (Å²) in [5.74, 6) is -0.806. The number of amides is 1. The van der Waals surface area contributed by atoms with Gasteiger partial charge in [0.15, 0.2) is 0 Å². The van der Waals surface area contributed by atoms with Gasteiger partial charge in [0.05, 0.1) is 5.92 Å². The molecular formula is C12H15ClNO3P3. The van der Waals surface area contributed by atoms with Crippen LogP contribution in [0.1, 0.15) is 5.56 Å². The van der Waals surface area contributed by atoms with Crippen molar-refractivity contribution < 1.29 is 14.3 Å². The zero-order valence-electron chi connectivity index (χ0n) is 10.6. The summed E-state index contributed by atoms with van der Waals surface area (Å²) >= 11 is 5.76. The topological polar surface area (TPSA) is 46.6 Å². The molecule has 0 aliphatic carbocycles. The van der Waals surface area contributed by atoms with Crippen LogP contribution in [-0.2, 0) is 20.9 Å². The molecule has 1 aliphatic heterocycles. The van der Waals surface area contributed by atoms with Crippen LogP contribution >= 0.6 is 36.9 Å². The van der Waals surface area contributed by atoms with Gasteiger partial charge in [0.1, 0.15) is 12.6 Å². The third kappa shape index (κ3) is 3.31. The van der Waals surface area contributed by atoms with E-state index in [0.717, 1.165) is 5.56 Å². The average Bonchev–Trinajstić information content (AvgIpc) is 2.43. The van der Waals surface area contributed by atoms with Crippen molar-refractivity contribution in [3.8, 4) is 0 Å². The fourth-order valence-corrected chi connectivity index (χ4v) is 4.78. The van der Waals surface area contributed by atoms with Crippen LogP contribution in [0.4, 0.5) is 0 Å². The van der Waals surface area contributed by atoms with E-state index in [1.165, 1.54) is 4.67 Å². The summed E-state index contributed by atoms with van der Waals surface area (Å²) < 4.78 is 6.83. The highest BCUT2D eigenvalue weighted by Crippen LogP contribution is 2.61. The zero-order valence-corrected chi connectivity index (χ0v) is 14.6. The van der Waals surface area contributed by atoms with Crippen LogP contribution < -0.4 is 0 Å². The van der Waals surface area contributed by atoms with Crippen molar-refractivity contribution in [1.29, 1.82) is 0 Å². The first-order valence-electron chi connectivity index (χ1n) is 5.95. The van der Waals surface area contributed by atoms with Crippen molar-refractivity contribution >= 4 is 48.8 Å². The Morgan fingerprint density at radius 3 is 2.55 bits per heavy atom. The summed E-state index contributed by atoms with van der Waals surface area (Å²) in [7, 11) is 4.25. The van der Waals surface area contributed by atoms with Gasteiger partial charge in [-0.3, -0.25) is 9.46 Å². The Morgan fingerprint density at radius 2 is 2.00 bits per heavy atom. The summed E-state index contributed by atoms with van der Waals surface area (Å²) in [6, 6.07) is 8.87. The molecule has 1 aliphatic rings. The van der Waals surface area contributed by atoms with Gasteiger partial charge in [0.25, 0.3) is 0 Å². The molecule has 1 aromatic rings. The van der Waals surface area contributed by atoms with Crippen LogP contribution in [-0.4, -0.2) is 28.5 Å². The lowest BCUT2D eigenvalue weighted by molar-refractivity contribution is -0.165. The predicted molar refractivity (Wildman–Crippen MR) is 87.4 cm³/mol. The Hall–Kier alpha value is -0.260. The first-order valence-corrected chi connectivity index (χ1v) is 11.0. The second-order valence-corrected chi connectivity index (χ2v) is 10.8. The molecular weight excluding hydrogens is 335 g/mol. The van der Waals surface area contributed by atoms with Gasteiger partial charge in [0, 0.05) is 13.3 Å². The highest BCUT2D eigenvalue weighted by molar-refractivity contribution is 8.42. The van der Waals surface area contributed by atoms with Crippen molar-refractivity contribution in [3.63, 3.8) is 0 Å². The molecule has 1 heterocycles. The molecule has 8 heteroatoms. The standard InChI is InChI=1S/C12H15ClNO3P3/c13-6-9-10(14(11(9)15)20(18)19)12(16)17-7-8-4-2-1-3-5-8/h1-5,9-10H,6-7,18-19H2. The van der Waals surface area contributed by atoms with Gasteiger partial charge in [-0.25, -0.2) is 4.79 Å². The summed E-state index contributed by atoms with van der Waals surface area (Å²) in [6.07, 6.45) is 0. The molecule has 0 radical (unpaired) electrons. The Morgan fingerprint density at radius 1 is 1.35 bits per heavy atom. The van der Waals surface area contributed by atoms with E-state index in [4.69, 9.17) is 16.3 Å². The fraction of sp³-hybridized carbons (Fsp3) is 0.333. The molecule has 1 aromatic carbocycles. The predicted octanol–water partition coefficient (Wildman–Crippen LogP) is 2.77. The number of halogens is 1. The largest absolute Gasteiger partial charge is 0.459 e. The first-order chi connectivity index (χ1) is 9.56. The van der Waals surface area contributed by atoms with Gasteiger partial charge >= 0.3 is 5.97 Å². The van der Waals surface area contributed by atoms with E-state index in [2.05, 4.69) is 17.9 Å². The Balaban J connectivity index is 1.98. The molecule has 0 saturated carbocycles. The van der Waals surface area contributed by atoms with Gasteiger partial charge in [-0.15, -0.1) is 11.6 Å². The van der Waals surface area contributed by atoms with E-state index < -0.39 is 25.4 Å². The summed E-state index contributed by atoms with van der Waals surface area (Å²) in [5.41, 5.74) is 0.916. The van der Waals surface area contributed by atoms with Gasteiger partial charge in [-0.05, 0) is 5.56 Å². The minimum Gasteiger partial charge on any atom is -0.459 e. The molecule has 1 fully saturated rings. The molecule has 4 unspecified atom stereocenters. The quantitative estimate of drug-likeness (QED) is 0.355. The molecule has 4 atom stereocenters. The van der Waals surface area contributed by atoms with Crippen LogP contribution in [0, 0.1) is 5.92 Å². The van der Waals surface area contributed by atoms with E-state index in [9.17, 15) is 9.59 Å². The van der Waals surface area contributed by atoms with Crippen LogP contribution in [0.2, 0.25) is 0 Å². The minimum atomic E-state index is -0.826. The Bertz CT molecular complexity index is 500. The van der Waals surface area contributed by atoms with Crippen molar-refractivity contribution in [1.82, 2.24) is 4.67 Å². The molecule has 0 spiro atoms. The smallest absolute Gasteiger partial charge is 0.330 e. The maximum atomic E-state index is 12.1. The summed E-state index contributed by atoms with van der Waals surface area (Å²) in [6.45, 7) is 0.207. The maximum Gasteiger partial charge on any atom is 0.330 e. The SMILES string of the molecule is O=C(OCc1ccccc1)C1C(CCl)C(=O)N1P(P)P. The van der Waals surface area contributed by atoms with Gasteiger partial charge < -0.3 is 4.74 Å². The third-order valence-corrected chi connectivity index (χ3v) is 5.84. The number of rotatable bonds is 5. The molecule has 20 heavy (non-hydrogen) atoms. The van der Waals surface area contributed by atoms with Crippen LogP contribution in [0.25, 0.3) is 0 Å². The number of alkyl halides is 1. The lowest BCUT2D eigenvalue weighted by Crippen LogP contribution is -2.62. The van der Waals surface area contributed by atoms with E-state index >= 15 is 0 Å². The van der Waals surface area contributed by atoms with Crippen molar-refractivity contribution in [3.05, 3.63) is 35.9 Å². The molecule has 108 valence electrons. The molecule has 1 amide bonds. The average molecular weight is 350 g/mol. The lowest BCUT2D eigenvalue weighted by Gasteiger charge is -2.46. The van der Waals surface area contributed by atoms with E-state index in [1.54, 1.807) is 0 Å². The number of carbonyl (C=O) groups is 2. The number of ether oxygens (including phenoxy) is 1. The number of benzene rings is 1. The molecule has 4 nitrogen and oxygen atoms in total. The van der Waals surface area contributed by atoms with Crippen molar-refractivity contribution in [2.75, 3.05) is 5.88 Å². The normalized spacial score (nSPS) is 21.8. The van der Waals surface area contributed by atoms with Crippen LogP contribution in [0.15, 0.2) is 30.3 Å². The fourth-order valence-electron chi connectivity index (χ4n) is 2.02. The van der Waals surface area contributed by atoms with Gasteiger partial charge in [0.2, 0.25) is 5.91 Å².